The van der Waals surface area contributed by atoms with Crippen molar-refractivity contribution in [2.45, 2.75) is 0 Å². The number of rotatable bonds is 2. The maximum Gasteiger partial charge on any atom is 0.264 e. The van der Waals surface area contributed by atoms with Gasteiger partial charge in [0.05, 0.1) is 4.88 Å². The molecule has 0 N–H and O–H groups in total. The Balaban J connectivity index is 1.44. The van der Waals surface area contributed by atoms with Crippen molar-refractivity contribution < 1.29 is 18.4 Å². The van der Waals surface area contributed by atoms with Gasteiger partial charge in [0.15, 0.2) is 0 Å². The Kier molecular flexibility index (Phi) is 4.61. The second kappa shape index (κ2) is 7.08. The zero-order valence-electron chi connectivity index (χ0n) is 14.3. The van der Waals surface area contributed by atoms with E-state index in [1.54, 1.807) is 34.1 Å². The van der Waals surface area contributed by atoms with Gasteiger partial charge in [0.1, 0.15) is 11.6 Å². The molecule has 138 valence electrons. The summed E-state index contributed by atoms with van der Waals surface area (Å²) in [6.07, 6.45) is 0. The summed E-state index contributed by atoms with van der Waals surface area (Å²) < 4.78 is 27.9. The van der Waals surface area contributed by atoms with Gasteiger partial charge in [-0.25, -0.2) is 8.78 Å². The first kappa shape index (κ1) is 17.6. The monoisotopic (exact) mass is 386 g/mol. The highest BCUT2D eigenvalue weighted by Crippen LogP contribution is 2.28. The minimum absolute atomic E-state index is 0.159. The Morgan fingerprint density at radius 1 is 0.852 bits per heavy atom. The lowest BCUT2D eigenvalue weighted by Crippen LogP contribution is -2.50. The van der Waals surface area contributed by atoms with Crippen LogP contribution in [0.25, 0.3) is 10.1 Å². The molecular formula is C20H16F2N2O2S. The molecule has 7 heteroatoms. The number of nitrogens with zero attached hydrogens (tertiary/aromatic N) is 2. The Morgan fingerprint density at radius 3 is 2.19 bits per heavy atom. The van der Waals surface area contributed by atoms with Crippen molar-refractivity contribution in [1.82, 2.24) is 9.80 Å². The molecule has 0 atom stereocenters. The van der Waals surface area contributed by atoms with Crippen LogP contribution in [-0.4, -0.2) is 47.8 Å². The number of carbonyl (C=O) groups is 2. The predicted molar refractivity (Wildman–Crippen MR) is 100.0 cm³/mol. The molecule has 1 aromatic heterocycles. The number of amides is 2. The molecule has 2 amide bonds. The van der Waals surface area contributed by atoms with Crippen LogP contribution in [0.15, 0.2) is 48.5 Å². The first-order valence-corrected chi connectivity index (χ1v) is 9.37. The highest BCUT2D eigenvalue weighted by atomic mass is 32.1. The molecule has 0 bridgehead atoms. The van der Waals surface area contributed by atoms with E-state index in [-0.39, 0.29) is 17.6 Å². The molecule has 4 rings (SSSR count). The third-order valence-corrected chi connectivity index (χ3v) is 5.73. The molecular weight excluding hydrogens is 370 g/mol. The molecule has 1 saturated heterocycles. The number of hydrogen-bond donors (Lipinski definition) is 0. The molecule has 0 unspecified atom stereocenters. The minimum atomic E-state index is -0.452. The van der Waals surface area contributed by atoms with Crippen LogP contribution in [-0.2, 0) is 0 Å². The largest absolute Gasteiger partial charge is 0.335 e. The SMILES string of the molecule is O=C(c1cccc(F)c1)N1CCN(C(=O)c2cc3c(F)cccc3s2)CC1. The van der Waals surface area contributed by atoms with Gasteiger partial charge >= 0.3 is 0 Å². The van der Waals surface area contributed by atoms with Crippen molar-refractivity contribution >= 4 is 33.2 Å². The second-order valence-electron chi connectivity index (χ2n) is 6.36. The predicted octanol–water partition coefficient (Wildman–Crippen LogP) is 3.78. The standard InChI is InChI=1S/C20H16F2N2O2S/c21-14-4-1-3-13(11-14)19(25)23-7-9-24(10-8-23)20(26)18-12-15-16(22)5-2-6-17(15)27-18/h1-6,11-12H,7-10H2. The average Bonchev–Trinajstić information content (AvgIpc) is 3.13. The lowest BCUT2D eigenvalue weighted by atomic mass is 10.1. The van der Waals surface area contributed by atoms with E-state index in [9.17, 15) is 18.4 Å². The third kappa shape index (κ3) is 3.42. The normalized spacial score (nSPS) is 14.6. The zero-order valence-corrected chi connectivity index (χ0v) is 15.1. The molecule has 3 aromatic rings. The topological polar surface area (TPSA) is 40.6 Å². The number of hydrogen-bond acceptors (Lipinski definition) is 3. The smallest absolute Gasteiger partial charge is 0.264 e. The zero-order chi connectivity index (χ0) is 19.0. The highest BCUT2D eigenvalue weighted by molar-refractivity contribution is 7.20. The summed E-state index contributed by atoms with van der Waals surface area (Å²) >= 11 is 1.27. The fourth-order valence-corrected chi connectivity index (χ4v) is 4.25. The van der Waals surface area contributed by atoms with Crippen LogP contribution < -0.4 is 0 Å². The molecule has 0 saturated carbocycles. The number of fused-ring (bicyclic) bond motifs is 1. The molecule has 0 spiro atoms. The van der Waals surface area contributed by atoms with Crippen LogP contribution in [0.2, 0.25) is 0 Å². The van der Waals surface area contributed by atoms with Crippen LogP contribution in [0.5, 0.6) is 0 Å². The Morgan fingerprint density at radius 2 is 1.52 bits per heavy atom. The number of thiophene rings is 1. The van der Waals surface area contributed by atoms with E-state index in [1.807, 2.05) is 0 Å². The molecule has 4 nitrogen and oxygen atoms in total. The third-order valence-electron chi connectivity index (χ3n) is 4.64. The van der Waals surface area contributed by atoms with E-state index >= 15 is 0 Å². The number of piperazine rings is 1. The second-order valence-corrected chi connectivity index (χ2v) is 7.44. The summed E-state index contributed by atoms with van der Waals surface area (Å²) in [5.74, 6) is -1.20. The first-order valence-electron chi connectivity index (χ1n) is 8.55. The van der Waals surface area contributed by atoms with Gasteiger partial charge in [-0.15, -0.1) is 11.3 Å². The highest BCUT2D eigenvalue weighted by Gasteiger charge is 2.26. The maximum atomic E-state index is 13.8. The van der Waals surface area contributed by atoms with Crippen molar-refractivity contribution in [2.75, 3.05) is 26.2 Å². The average molecular weight is 386 g/mol. The molecule has 1 aliphatic rings. The molecule has 0 aliphatic carbocycles. The van der Waals surface area contributed by atoms with Crippen LogP contribution in [0.3, 0.4) is 0 Å². The Labute approximate surface area is 158 Å². The van der Waals surface area contributed by atoms with Crippen molar-refractivity contribution in [3.05, 3.63) is 70.6 Å². The molecule has 1 fully saturated rings. The van der Waals surface area contributed by atoms with Crippen molar-refractivity contribution in [3.63, 3.8) is 0 Å². The number of halogens is 2. The fourth-order valence-electron chi connectivity index (χ4n) is 3.20. The van der Waals surface area contributed by atoms with Gasteiger partial charge < -0.3 is 9.80 Å². The van der Waals surface area contributed by atoms with E-state index in [1.165, 1.54) is 35.6 Å². The number of benzene rings is 2. The lowest BCUT2D eigenvalue weighted by Gasteiger charge is -2.34. The fraction of sp³-hybridized carbons (Fsp3) is 0.200. The van der Waals surface area contributed by atoms with Crippen LogP contribution >= 0.6 is 11.3 Å². The van der Waals surface area contributed by atoms with E-state index in [0.717, 1.165) is 4.70 Å². The van der Waals surface area contributed by atoms with Gasteiger partial charge in [-0.2, -0.15) is 0 Å². The first-order chi connectivity index (χ1) is 13.0. The lowest BCUT2D eigenvalue weighted by molar-refractivity contribution is 0.0538. The van der Waals surface area contributed by atoms with E-state index in [2.05, 4.69) is 0 Å². The Hall–Kier alpha value is -2.80. The van der Waals surface area contributed by atoms with E-state index < -0.39 is 5.82 Å². The van der Waals surface area contributed by atoms with Gasteiger partial charge in [0.25, 0.3) is 11.8 Å². The molecule has 27 heavy (non-hydrogen) atoms. The van der Waals surface area contributed by atoms with E-state index in [0.29, 0.717) is 42.0 Å². The summed E-state index contributed by atoms with van der Waals surface area (Å²) in [6, 6.07) is 12.0. The van der Waals surface area contributed by atoms with Gasteiger partial charge in [0.2, 0.25) is 0 Å². The quantitative estimate of drug-likeness (QED) is 0.673. The summed E-state index contributed by atoms with van der Waals surface area (Å²) in [7, 11) is 0. The maximum absolute atomic E-state index is 13.8. The minimum Gasteiger partial charge on any atom is -0.335 e. The van der Waals surface area contributed by atoms with E-state index in [4.69, 9.17) is 0 Å². The summed E-state index contributed by atoms with van der Waals surface area (Å²) in [5, 5.41) is 0.450. The summed E-state index contributed by atoms with van der Waals surface area (Å²) in [6.45, 7) is 1.52. The summed E-state index contributed by atoms with van der Waals surface area (Å²) in [4.78, 5) is 29.0. The van der Waals surface area contributed by atoms with Gasteiger partial charge in [-0.3, -0.25) is 9.59 Å². The van der Waals surface area contributed by atoms with Crippen LogP contribution in [0, 0.1) is 11.6 Å². The molecule has 0 radical (unpaired) electrons. The van der Waals surface area contributed by atoms with Crippen molar-refractivity contribution in [1.29, 1.82) is 0 Å². The van der Waals surface area contributed by atoms with Gasteiger partial charge in [0, 0.05) is 41.8 Å². The van der Waals surface area contributed by atoms with Crippen LogP contribution in [0.4, 0.5) is 8.78 Å². The van der Waals surface area contributed by atoms with Crippen LogP contribution in [0.1, 0.15) is 20.0 Å². The van der Waals surface area contributed by atoms with Crippen molar-refractivity contribution in [2.24, 2.45) is 0 Å². The molecule has 2 heterocycles. The molecule has 2 aromatic carbocycles. The van der Waals surface area contributed by atoms with Gasteiger partial charge in [-0.05, 0) is 36.4 Å². The van der Waals surface area contributed by atoms with Gasteiger partial charge in [-0.1, -0.05) is 12.1 Å². The summed E-state index contributed by atoms with van der Waals surface area (Å²) in [5.41, 5.74) is 0.301. The Bertz CT molecular complexity index is 1030. The number of carbonyl (C=O) groups excluding carboxylic acids is 2. The molecule has 1 aliphatic heterocycles. The van der Waals surface area contributed by atoms with Crippen molar-refractivity contribution in [3.8, 4) is 0 Å².